The van der Waals surface area contributed by atoms with Crippen molar-refractivity contribution in [2.75, 3.05) is 0 Å². The van der Waals surface area contributed by atoms with E-state index < -0.39 is 0 Å². The topological polar surface area (TPSA) is 0 Å². The van der Waals surface area contributed by atoms with Crippen LogP contribution in [0.25, 0.3) is 16.8 Å². The molecule has 3 rings (SSSR count). The van der Waals surface area contributed by atoms with Gasteiger partial charge >= 0.3 is 0 Å². The number of rotatable bonds is 2. The zero-order valence-corrected chi connectivity index (χ0v) is 9.61. The summed E-state index contributed by atoms with van der Waals surface area (Å²) < 4.78 is 0. The quantitative estimate of drug-likeness (QED) is 0.668. The first kappa shape index (κ1) is 9.65. The largest absolute Gasteiger partial charge is 0.0764 e. The van der Waals surface area contributed by atoms with Gasteiger partial charge in [0.15, 0.2) is 0 Å². The molecule has 80 valence electrons. The van der Waals surface area contributed by atoms with Gasteiger partial charge in [0.25, 0.3) is 0 Å². The monoisotopic (exact) mass is 208 g/mol. The second-order valence-electron chi connectivity index (χ2n) is 4.54. The van der Waals surface area contributed by atoms with E-state index in [0.29, 0.717) is 5.92 Å². The predicted molar refractivity (Wildman–Crippen MR) is 70.6 cm³/mol. The molecule has 0 radical (unpaired) electrons. The molecule has 1 unspecified atom stereocenters. The molecule has 0 aliphatic heterocycles. The van der Waals surface area contributed by atoms with E-state index in [2.05, 4.69) is 55.5 Å². The van der Waals surface area contributed by atoms with Crippen molar-refractivity contribution < 1.29 is 0 Å². The van der Waals surface area contributed by atoms with E-state index in [1.54, 1.807) is 5.56 Å². The summed E-state index contributed by atoms with van der Waals surface area (Å²) in [7, 11) is 0. The highest BCUT2D eigenvalue weighted by atomic mass is 14.2. The summed E-state index contributed by atoms with van der Waals surface area (Å²) in [5.41, 5.74) is 2.96. The van der Waals surface area contributed by atoms with Crippen molar-refractivity contribution in [2.24, 2.45) is 0 Å². The second-order valence-corrected chi connectivity index (χ2v) is 4.54. The first-order chi connectivity index (χ1) is 7.90. The fourth-order valence-corrected chi connectivity index (χ4v) is 2.74. The molecule has 0 heterocycles. The van der Waals surface area contributed by atoms with Crippen LogP contribution in [-0.2, 0) is 0 Å². The van der Waals surface area contributed by atoms with Crippen molar-refractivity contribution in [3.05, 3.63) is 53.6 Å². The Labute approximate surface area is 96.6 Å². The highest BCUT2D eigenvalue weighted by Gasteiger charge is 2.18. The number of fused-ring (bicyclic) bond motifs is 3. The maximum Gasteiger partial charge on any atom is 0.00332 e. The third-order valence-electron chi connectivity index (χ3n) is 3.48. The van der Waals surface area contributed by atoms with Crippen LogP contribution in [0.15, 0.2) is 42.5 Å². The molecular weight excluding hydrogens is 192 g/mol. The Kier molecular flexibility index (Phi) is 2.28. The third kappa shape index (κ3) is 1.37. The molecule has 0 spiro atoms. The average molecular weight is 208 g/mol. The molecule has 2 aromatic carbocycles. The Hall–Kier alpha value is -1.56. The number of hydrogen-bond donors (Lipinski definition) is 0. The molecule has 0 fully saturated rings. The van der Waals surface area contributed by atoms with Gasteiger partial charge in [0, 0.05) is 5.92 Å². The summed E-state index contributed by atoms with van der Waals surface area (Å²) in [6, 6.07) is 13.2. The molecule has 0 amide bonds. The van der Waals surface area contributed by atoms with E-state index in [0.717, 1.165) is 0 Å². The van der Waals surface area contributed by atoms with Crippen molar-refractivity contribution >= 4 is 16.8 Å². The SMILES string of the molecule is CCCC1C=Cc2ccc3ccccc3c21. The Bertz CT molecular complexity index is 549. The first-order valence-electron chi connectivity index (χ1n) is 6.10. The second kappa shape index (κ2) is 3.79. The molecule has 16 heavy (non-hydrogen) atoms. The van der Waals surface area contributed by atoms with E-state index in [1.165, 1.54) is 29.2 Å². The highest BCUT2D eigenvalue weighted by molar-refractivity contribution is 5.91. The molecule has 0 aromatic heterocycles. The minimum absolute atomic E-state index is 0.631. The Morgan fingerprint density at radius 2 is 1.94 bits per heavy atom. The van der Waals surface area contributed by atoms with Crippen LogP contribution in [0.2, 0.25) is 0 Å². The molecular formula is C16H16. The van der Waals surface area contributed by atoms with Gasteiger partial charge in [-0.2, -0.15) is 0 Å². The molecule has 0 N–H and O–H groups in total. The van der Waals surface area contributed by atoms with Crippen LogP contribution < -0.4 is 0 Å². The lowest BCUT2D eigenvalue weighted by atomic mass is 9.91. The molecule has 1 aliphatic rings. The number of benzene rings is 2. The van der Waals surface area contributed by atoms with Crippen molar-refractivity contribution in [2.45, 2.75) is 25.7 Å². The lowest BCUT2D eigenvalue weighted by Crippen LogP contribution is -1.94. The van der Waals surface area contributed by atoms with Crippen LogP contribution >= 0.6 is 0 Å². The molecule has 0 nitrogen and oxygen atoms in total. The van der Waals surface area contributed by atoms with Gasteiger partial charge in [0.2, 0.25) is 0 Å². The van der Waals surface area contributed by atoms with Crippen molar-refractivity contribution in [3.63, 3.8) is 0 Å². The third-order valence-corrected chi connectivity index (χ3v) is 3.48. The van der Waals surface area contributed by atoms with Crippen molar-refractivity contribution in [1.82, 2.24) is 0 Å². The molecule has 0 saturated carbocycles. The lowest BCUT2D eigenvalue weighted by Gasteiger charge is -2.13. The van der Waals surface area contributed by atoms with E-state index in [4.69, 9.17) is 0 Å². The highest BCUT2D eigenvalue weighted by Crippen LogP contribution is 2.38. The van der Waals surface area contributed by atoms with Gasteiger partial charge in [-0.05, 0) is 28.3 Å². The predicted octanol–water partition coefficient (Wildman–Crippen LogP) is 4.75. The summed E-state index contributed by atoms with van der Waals surface area (Å²) in [5, 5.41) is 2.80. The van der Waals surface area contributed by atoms with Gasteiger partial charge in [-0.3, -0.25) is 0 Å². The Morgan fingerprint density at radius 1 is 1.06 bits per heavy atom. The number of hydrogen-bond acceptors (Lipinski definition) is 0. The van der Waals surface area contributed by atoms with Crippen molar-refractivity contribution in [1.29, 1.82) is 0 Å². The van der Waals surface area contributed by atoms with Gasteiger partial charge in [-0.1, -0.05) is 61.9 Å². The molecule has 1 atom stereocenters. The van der Waals surface area contributed by atoms with Gasteiger partial charge in [-0.15, -0.1) is 0 Å². The minimum atomic E-state index is 0.631. The van der Waals surface area contributed by atoms with Crippen LogP contribution in [0.5, 0.6) is 0 Å². The molecule has 0 saturated heterocycles. The summed E-state index contributed by atoms with van der Waals surface area (Å²) in [6.07, 6.45) is 7.15. The van der Waals surface area contributed by atoms with Crippen LogP contribution in [0.1, 0.15) is 36.8 Å². The molecule has 1 aliphatic carbocycles. The van der Waals surface area contributed by atoms with Crippen LogP contribution in [0.3, 0.4) is 0 Å². The number of allylic oxidation sites excluding steroid dienone is 1. The Morgan fingerprint density at radius 3 is 2.81 bits per heavy atom. The molecule has 2 aromatic rings. The maximum atomic E-state index is 2.36. The summed E-state index contributed by atoms with van der Waals surface area (Å²) >= 11 is 0. The standard InChI is InChI=1S/C16H16/c1-2-5-13-10-11-14-9-8-12-6-3-4-7-15(12)16(13)14/h3-4,6-11,13H,2,5H2,1H3. The van der Waals surface area contributed by atoms with Crippen LogP contribution in [-0.4, -0.2) is 0 Å². The summed E-state index contributed by atoms with van der Waals surface area (Å²) in [4.78, 5) is 0. The average Bonchev–Trinajstić information content (AvgIpc) is 2.73. The first-order valence-corrected chi connectivity index (χ1v) is 6.10. The van der Waals surface area contributed by atoms with Gasteiger partial charge in [0.1, 0.15) is 0 Å². The van der Waals surface area contributed by atoms with Gasteiger partial charge < -0.3 is 0 Å². The van der Waals surface area contributed by atoms with Gasteiger partial charge in [-0.25, -0.2) is 0 Å². The summed E-state index contributed by atoms with van der Waals surface area (Å²) in [5.74, 6) is 0.631. The minimum Gasteiger partial charge on any atom is -0.0764 e. The van der Waals surface area contributed by atoms with Gasteiger partial charge in [0.05, 0.1) is 0 Å². The normalized spacial score (nSPS) is 17.9. The Balaban J connectivity index is 2.23. The van der Waals surface area contributed by atoms with Crippen molar-refractivity contribution in [3.8, 4) is 0 Å². The van der Waals surface area contributed by atoms with E-state index >= 15 is 0 Å². The smallest absolute Gasteiger partial charge is 0.00332 e. The zero-order chi connectivity index (χ0) is 11.0. The van der Waals surface area contributed by atoms with E-state index in [1.807, 2.05) is 0 Å². The van der Waals surface area contributed by atoms with E-state index in [-0.39, 0.29) is 0 Å². The van der Waals surface area contributed by atoms with E-state index in [9.17, 15) is 0 Å². The maximum absolute atomic E-state index is 2.36. The summed E-state index contributed by atoms with van der Waals surface area (Å²) in [6.45, 7) is 2.26. The fourth-order valence-electron chi connectivity index (χ4n) is 2.74. The lowest BCUT2D eigenvalue weighted by molar-refractivity contribution is 0.730. The molecule has 0 bridgehead atoms. The zero-order valence-electron chi connectivity index (χ0n) is 9.61. The molecule has 0 heteroatoms. The van der Waals surface area contributed by atoms with Crippen LogP contribution in [0, 0.1) is 0 Å². The van der Waals surface area contributed by atoms with Crippen LogP contribution in [0.4, 0.5) is 0 Å². The fraction of sp³-hybridized carbons (Fsp3) is 0.250.